The van der Waals surface area contributed by atoms with Crippen molar-refractivity contribution in [3.8, 4) is 0 Å². The minimum Gasteiger partial charge on any atom is -0.476 e. The predicted molar refractivity (Wildman–Crippen MR) is 58.7 cm³/mol. The Kier molecular flexibility index (Phi) is 3.39. The summed E-state index contributed by atoms with van der Waals surface area (Å²) in [6.07, 6.45) is 1.46. The van der Waals surface area contributed by atoms with Crippen LogP contribution in [0.5, 0.6) is 0 Å². The summed E-state index contributed by atoms with van der Waals surface area (Å²) in [5.41, 5.74) is -0.0211. The summed E-state index contributed by atoms with van der Waals surface area (Å²) in [5, 5.41) is 25.0. The highest BCUT2D eigenvalue weighted by Gasteiger charge is 2.30. The molecule has 1 aliphatic heterocycles. The molecule has 1 aromatic rings. The van der Waals surface area contributed by atoms with Gasteiger partial charge in [0.25, 0.3) is 0 Å². The predicted octanol–water partition coefficient (Wildman–Crippen LogP) is -0.539. The molecule has 0 bridgehead atoms. The van der Waals surface area contributed by atoms with Crippen molar-refractivity contribution in [2.75, 3.05) is 26.2 Å². The van der Waals surface area contributed by atoms with Crippen molar-refractivity contribution >= 4 is 5.97 Å². The van der Waals surface area contributed by atoms with Crippen LogP contribution < -0.4 is 0 Å². The van der Waals surface area contributed by atoms with Gasteiger partial charge in [-0.1, -0.05) is 12.1 Å². The van der Waals surface area contributed by atoms with E-state index in [1.807, 2.05) is 6.92 Å². The Hall–Kier alpha value is -1.47. The van der Waals surface area contributed by atoms with Gasteiger partial charge in [0, 0.05) is 26.2 Å². The molecule has 2 N–H and O–H groups in total. The van der Waals surface area contributed by atoms with Gasteiger partial charge in [-0.2, -0.15) is 0 Å². The second kappa shape index (κ2) is 4.80. The van der Waals surface area contributed by atoms with Crippen molar-refractivity contribution < 1.29 is 15.0 Å². The maximum absolute atomic E-state index is 10.6. The van der Waals surface area contributed by atoms with E-state index in [0.717, 1.165) is 19.6 Å². The molecule has 17 heavy (non-hydrogen) atoms. The molecule has 2 rings (SSSR count). The fourth-order valence-electron chi connectivity index (χ4n) is 1.91. The molecule has 0 amide bonds. The van der Waals surface area contributed by atoms with Crippen LogP contribution in [-0.2, 0) is 0 Å². The zero-order valence-corrected chi connectivity index (χ0v) is 9.65. The molecule has 2 heterocycles. The Morgan fingerprint density at radius 1 is 1.65 bits per heavy atom. The van der Waals surface area contributed by atoms with Gasteiger partial charge in [-0.05, 0) is 5.92 Å². The molecule has 1 unspecified atom stereocenters. The summed E-state index contributed by atoms with van der Waals surface area (Å²) in [5.74, 6) is -0.789. The number of carbonyl (C=O) groups is 1. The molecule has 1 saturated heterocycles. The number of aliphatic hydroxyl groups excluding tert-OH is 1. The first-order chi connectivity index (χ1) is 8.10. The van der Waals surface area contributed by atoms with Crippen LogP contribution in [0.15, 0.2) is 6.20 Å². The number of rotatable bonds is 5. The summed E-state index contributed by atoms with van der Waals surface area (Å²) in [6, 6.07) is 0.196. The topological polar surface area (TPSA) is 91.5 Å². The van der Waals surface area contributed by atoms with Crippen LogP contribution in [-0.4, -0.2) is 62.3 Å². The zero-order valence-electron chi connectivity index (χ0n) is 9.65. The number of nitrogens with zero attached hydrogens (tertiary/aromatic N) is 4. The first kappa shape index (κ1) is 12.0. The number of carboxylic acids is 1. The number of hydrogen-bond acceptors (Lipinski definition) is 5. The highest BCUT2D eigenvalue weighted by atomic mass is 16.4. The van der Waals surface area contributed by atoms with E-state index in [9.17, 15) is 4.79 Å². The lowest BCUT2D eigenvalue weighted by Gasteiger charge is -2.40. The van der Waals surface area contributed by atoms with Crippen LogP contribution in [0.25, 0.3) is 0 Å². The average molecular weight is 240 g/mol. The largest absolute Gasteiger partial charge is 0.476 e. The lowest BCUT2D eigenvalue weighted by molar-refractivity contribution is 0.0679. The summed E-state index contributed by atoms with van der Waals surface area (Å²) >= 11 is 0. The van der Waals surface area contributed by atoms with Crippen LogP contribution in [0.2, 0.25) is 0 Å². The first-order valence-corrected chi connectivity index (χ1v) is 5.58. The quantitative estimate of drug-likeness (QED) is 0.718. The summed E-state index contributed by atoms with van der Waals surface area (Å²) in [6.45, 7) is 4.69. The van der Waals surface area contributed by atoms with Crippen molar-refractivity contribution in [2.24, 2.45) is 5.92 Å². The van der Waals surface area contributed by atoms with Crippen molar-refractivity contribution in [1.82, 2.24) is 19.9 Å². The van der Waals surface area contributed by atoms with Gasteiger partial charge in [0.15, 0.2) is 5.69 Å². The number of likely N-dealkylation sites (tertiary alicyclic amines) is 1. The standard InChI is InChI=1S/C10H16N4O3/c1-7(6-15)2-13-3-8(4-13)14-5-9(10(16)17)11-12-14/h5,7-8,15H,2-4,6H2,1H3,(H,16,17). The molecule has 7 nitrogen and oxygen atoms in total. The van der Waals surface area contributed by atoms with Gasteiger partial charge in [-0.25, -0.2) is 9.48 Å². The van der Waals surface area contributed by atoms with Gasteiger partial charge >= 0.3 is 5.97 Å². The molecule has 7 heteroatoms. The van der Waals surface area contributed by atoms with Crippen LogP contribution in [0.1, 0.15) is 23.5 Å². The molecule has 0 spiro atoms. The van der Waals surface area contributed by atoms with Crippen molar-refractivity contribution in [2.45, 2.75) is 13.0 Å². The zero-order chi connectivity index (χ0) is 12.4. The number of aliphatic hydroxyl groups is 1. The van der Waals surface area contributed by atoms with Crippen LogP contribution in [0, 0.1) is 5.92 Å². The normalized spacial score (nSPS) is 18.9. The van der Waals surface area contributed by atoms with Crippen molar-refractivity contribution in [3.63, 3.8) is 0 Å². The third kappa shape index (κ3) is 2.62. The minimum atomic E-state index is -1.05. The molecule has 1 aliphatic rings. The summed E-state index contributed by atoms with van der Waals surface area (Å²) in [4.78, 5) is 12.8. The molecule has 1 aromatic heterocycles. The third-order valence-electron chi connectivity index (χ3n) is 2.92. The summed E-state index contributed by atoms with van der Waals surface area (Å²) < 4.78 is 1.60. The van der Waals surface area contributed by atoms with E-state index in [1.54, 1.807) is 4.68 Å². The van der Waals surface area contributed by atoms with Gasteiger partial charge in [-0.3, -0.25) is 4.90 Å². The molecular formula is C10H16N4O3. The molecule has 0 saturated carbocycles. The molecule has 1 fully saturated rings. The SMILES string of the molecule is CC(CO)CN1CC(n2cc(C(=O)O)nn2)C1. The second-order valence-corrected chi connectivity index (χ2v) is 4.55. The van der Waals surface area contributed by atoms with Gasteiger partial charge in [-0.15, -0.1) is 5.10 Å². The molecule has 1 atom stereocenters. The fourth-order valence-corrected chi connectivity index (χ4v) is 1.91. The lowest BCUT2D eigenvalue weighted by atomic mass is 10.1. The van der Waals surface area contributed by atoms with Crippen LogP contribution in [0.3, 0.4) is 0 Å². The molecule has 0 aliphatic carbocycles. The van der Waals surface area contributed by atoms with Crippen molar-refractivity contribution in [1.29, 1.82) is 0 Å². The Morgan fingerprint density at radius 3 is 2.88 bits per heavy atom. The average Bonchev–Trinajstić information content (AvgIpc) is 2.71. The van der Waals surface area contributed by atoms with Gasteiger partial charge in [0.2, 0.25) is 0 Å². The number of aromatic carboxylic acids is 1. The second-order valence-electron chi connectivity index (χ2n) is 4.55. The van der Waals surface area contributed by atoms with E-state index in [0.29, 0.717) is 0 Å². The summed E-state index contributed by atoms with van der Waals surface area (Å²) in [7, 11) is 0. The molecule has 0 aromatic carbocycles. The van der Waals surface area contributed by atoms with Gasteiger partial charge in [0.05, 0.1) is 12.2 Å². The van der Waals surface area contributed by atoms with Gasteiger partial charge < -0.3 is 10.2 Å². The molecule has 0 radical (unpaired) electrons. The van der Waals surface area contributed by atoms with E-state index in [-0.39, 0.29) is 24.3 Å². The van der Waals surface area contributed by atoms with Crippen molar-refractivity contribution in [3.05, 3.63) is 11.9 Å². The maximum Gasteiger partial charge on any atom is 0.358 e. The Morgan fingerprint density at radius 2 is 2.35 bits per heavy atom. The molecule has 94 valence electrons. The fraction of sp³-hybridized carbons (Fsp3) is 0.700. The Labute approximate surface area is 98.7 Å². The Balaban J connectivity index is 1.84. The van der Waals surface area contributed by atoms with E-state index in [2.05, 4.69) is 15.2 Å². The highest BCUT2D eigenvalue weighted by Crippen LogP contribution is 2.21. The first-order valence-electron chi connectivity index (χ1n) is 5.58. The van der Waals surface area contributed by atoms with E-state index >= 15 is 0 Å². The highest BCUT2D eigenvalue weighted by molar-refractivity contribution is 5.84. The van der Waals surface area contributed by atoms with E-state index in [1.165, 1.54) is 6.20 Å². The number of hydrogen-bond donors (Lipinski definition) is 2. The van der Waals surface area contributed by atoms with E-state index in [4.69, 9.17) is 10.2 Å². The monoisotopic (exact) mass is 240 g/mol. The molecular weight excluding hydrogens is 224 g/mol. The lowest BCUT2D eigenvalue weighted by Crippen LogP contribution is -2.49. The number of aromatic nitrogens is 3. The van der Waals surface area contributed by atoms with E-state index < -0.39 is 5.97 Å². The van der Waals surface area contributed by atoms with Crippen LogP contribution >= 0.6 is 0 Å². The maximum atomic E-state index is 10.6. The van der Waals surface area contributed by atoms with Gasteiger partial charge in [0.1, 0.15) is 0 Å². The Bertz CT molecular complexity index is 400. The van der Waals surface area contributed by atoms with Crippen LogP contribution in [0.4, 0.5) is 0 Å². The minimum absolute atomic E-state index is 0.0211. The third-order valence-corrected chi connectivity index (χ3v) is 2.92. The smallest absolute Gasteiger partial charge is 0.358 e. The number of carboxylic acid groups (broad SMARTS) is 1.